The van der Waals surface area contributed by atoms with Crippen molar-refractivity contribution in [1.29, 1.82) is 0 Å². The van der Waals surface area contributed by atoms with Crippen molar-refractivity contribution < 1.29 is 0 Å². The molecule has 1 aromatic carbocycles. The molecular formula is C18H26N2. The molecule has 1 aliphatic rings. The van der Waals surface area contributed by atoms with E-state index in [1.807, 2.05) is 12.3 Å². The van der Waals surface area contributed by atoms with Crippen molar-refractivity contribution >= 4 is 6.08 Å². The minimum Gasteiger partial charge on any atom is -0.186 e. The second kappa shape index (κ2) is 8.68. The summed E-state index contributed by atoms with van der Waals surface area (Å²) in [6.07, 6.45) is 14.4. The summed E-state index contributed by atoms with van der Waals surface area (Å²) in [4.78, 5) is 0. The molecule has 2 heteroatoms. The zero-order chi connectivity index (χ0) is 14.0. The molecule has 1 fully saturated rings. The van der Waals surface area contributed by atoms with Gasteiger partial charge in [-0.1, -0.05) is 68.4 Å². The van der Waals surface area contributed by atoms with Gasteiger partial charge in [-0.05, 0) is 31.4 Å². The maximum atomic E-state index is 4.50. The Morgan fingerprint density at radius 1 is 1.00 bits per heavy atom. The van der Waals surface area contributed by atoms with Gasteiger partial charge in [-0.25, -0.2) is 0 Å². The van der Waals surface area contributed by atoms with Gasteiger partial charge in [0.25, 0.3) is 0 Å². The van der Waals surface area contributed by atoms with E-state index in [0.29, 0.717) is 6.04 Å². The van der Waals surface area contributed by atoms with Crippen molar-refractivity contribution in [2.24, 2.45) is 10.2 Å². The van der Waals surface area contributed by atoms with Crippen LogP contribution in [-0.2, 0) is 0 Å². The van der Waals surface area contributed by atoms with Crippen LogP contribution < -0.4 is 0 Å². The third-order valence-electron chi connectivity index (χ3n) is 3.93. The normalized spacial score (nSPS) is 19.1. The van der Waals surface area contributed by atoms with Crippen LogP contribution >= 0.6 is 0 Å². The Morgan fingerprint density at radius 2 is 1.70 bits per heavy atom. The highest BCUT2D eigenvalue weighted by Gasteiger charge is 2.08. The second-order valence-electron chi connectivity index (χ2n) is 5.81. The van der Waals surface area contributed by atoms with Gasteiger partial charge in [0.1, 0.15) is 0 Å². The molecule has 0 N–H and O–H groups in total. The number of hydrogen-bond acceptors (Lipinski definition) is 2. The average Bonchev–Trinajstić information content (AvgIpc) is 2.57. The first-order chi connectivity index (χ1) is 9.84. The summed E-state index contributed by atoms with van der Waals surface area (Å²) in [6, 6.07) is 8.88. The maximum Gasteiger partial charge on any atom is 0.0712 e. The van der Waals surface area contributed by atoms with Crippen molar-refractivity contribution in [2.75, 3.05) is 0 Å². The van der Waals surface area contributed by atoms with E-state index in [-0.39, 0.29) is 0 Å². The lowest BCUT2D eigenvalue weighted by Crippen LogP contribution is -2.02. The fraction of sp³-hybridized carbons (Fsp3) is 0.556. The van der Waals surface area contributed by atoms with Gasteiger partial charge in [-0.15, -0.1) is 0 Å². The van der Waals surface area contributed by atoms with E-state index in [2.05, 4.69) is 41.4 Å². The molecule has 0 amide bonds. The van der Waals surface area contributed by atoms with Gasteiger partial charge < -0.3 is 0 Å². The molecule has 0 aromatic heterocycles. The highest BCUT2D eigenvalue weighted by molar-refractivity contribution is 5.49. The summed E-state index contributed by atoms with van der Waals surface area (Å²) in [5, 5.41) is 8.77. The Bertz CT molecular complexity index is 438. The number of aryl methyl sites for hydroxylation is 1. The largest absolute Gasteiger partial charge is 0.186 e. The van der Waals surface area contributed by atoms with Crippen LogP contribution in [0.15, 0.2) is 40.7 Å². The summed E-state index contributed by atoms with van der Waals surface area (Å²) >= 11 is 0. The van der Waals surface area contributed by atoms with Crippen LogP contribution in [0.25, 0.3) is 6.08 Å². The monoisotopic (exact) mass is 270 g/mol. The number of benzene rings is 1. The first kappa shape index (κ1) is 15.0. The summed E-state index contributed by atoms with van der Waals surface area (Å²) in [6.45, 7) is 2.11. The number of azo groups is 1. The topological polar surface area (TPSA) is 24.7 Å². The van der Waals surface area contributed by atoms with E-state index in [4.69, 9.17) is 0 Å². The summed E-state index contributed by atoms with van der Waals surface area (Å²) in [5.41, 5.74) is 2.47. The van der Waals surface area contributed by atoms with Gasteiger partial charge in [-0.3, -0.25) is 0 Å². The SMILES string of the molecule is Cc1cccc(/C=C/N=N\C2CCCCCCCC2)c1. The quantitative estimate of drug-likeness (QED) is 0.609. The van der Waals surface area contributed by atoms with Gasteiger partial charge in [0, 0.05) is 6.20 Å². The molecule has 0 aliphatic heterocycles. The Balaban J connectivity index is 1.84. The van der Waals surface area contributed by atoms with Gasteiger partial charge >= 0.3 is 0 Å². The Labute approximate surface area is 123 Å². The molecule has 20 heavy (non-hydrogen) atoms. The average molecular weight is 270 g/mol. The smallest absolute Gasteiger partial charge is 0.0712 e. The third kappa shape index (κ3) is 5.68. The van der Waals surface area contributed by atoms with E-state index < -0.39 is 0 Å². The molecule has 0 saturated heterocycles. The van der Waals surface area contributed by atoms with E-state index in [9.17, 15) is 0 Å². The zero-order valence-electron chi connectivity index (χ0n) is 12.6. The Morgan fingerprint density at radius 3 is 2.40 bits per heavy atom. The van der Waals surface area contributed by atoms with E-state index in [0.717, 1.165) is 0 Å². The highest BCUT2D eigenvalue weighted by atomic mass is 15.1. The summed E-state index contributed by atoms with van der Waals surface area (Å²) in [7, 11) is 0. The van der Waals surface area contributed by atoms with Crippen LogP contribution in [0.5, 0.6) is 0 Å². The van der Waals surface area contributed by atoms with Crippen LogP contribution in [-0.4, -0.2) is 6.04 Å². The molecule has 0 heterocycles. The highest BCUT2D eigenvalue weighted by Crippen LogP contribution is 2.19. The molecule has 2 rings (SSSR count). The number of rotatable bonds is 3. The lowest BCUT2D eigenvalue weighted by Gasteiger charge is -2.07. The molecule has 108 valence electrons. The Kier molecular flexibility index (Phi) is 6.49. The molecule has 0 spiro atoms. The summed E-state index contributed by atoms with van der Waals surface area (Å²) in [5.74, 6) is 0. The fourth-order valence-corrected chi connectivity index (χ4v) is 2.75. The van der Waals surface area contributed by atoms with Crippen molar-refractivity contribution in [2.45, 2.75) is 64.3 Å². The van der Waals surface area contributed by atoms with Crippen LogP contribution in [0, 0.1) is 6.92 Å². The molecule has 0 bridgehead atoms. The fourth-order valence-electron chi connectivity index (χ4n) is 2.75. The standard InChI is InChI=1S/C18H26N2/c1-16-9-8-10-17(15-16)13-14-19-20-18-11-6-4-2-3-5-7-12-18/h8-10,13-15,18H,2-7,11-12H2,1H3/b14-13+,20-19-. The molecule has 1 saturated carbocycles. The lowest BCUT2D eigenvalue weighted by atomic mass is 10.1. The van der Waals surface area contributed by atoms with E-state index >= 15 is 0 Å². The van der Waals surface area contributed by atoms with E-state index in [1.54, 1.807) is 0 Å². The predicted octanol–water partition coefficient (Wildman–Crippen LogP) is 5.92. The maximum absolute atomic E-state index is 4.50. The van der Waals surface area contributed by atoms with Crippen molar-refractivity contribution in [1.82, 2.24) is 0 Å². The first-order valence-corrected chi connectivity index (χ1v) is 7.98. The molecule has 1 aromatic rings. The molecule has 0 unspecified atom stereocenters. The third-order valence-corrected chi connectivity index (χ3v) is 3.93. The van der Waals surface area contributed by atoms with Crippen molar-refractivity contribution in [3.05, 3.63) is 41.6 Å². The number of nitrogens with zero attached hydrogens (tertiary/aromatic N) is 2. The summed E-state index contributed by atoms with van der Waals surface area (Å²) < 4.78 is 0. The van der Waals surface area contributed by atoms with E-state index in [1.165, 1.54) is 62.5 Å². The van der Waals surface area contributed by atoms with Crippen LogP contribution in [0.1, 0.15) is 62.5 Å². The minimum absolute atomic E-state index is 0.440. The molecule has 1 aliphatic carbocycles. The lowest BCUT2D eigenvalue weighted by molar-refractivity contribution is 0.518. The second-order valence-corrected chi connectivity index (χ2v) is 5.81. The minimum atomic E-state index is 0.440. The first-order valence-electron chi connectivity index (χ1n) is 7.98. The van der Waals surface area contributed by atoms with Gasteiger partial charge in [0.05, 0.1) is 6.04 Å². The zero-order valence-corrected chi connectivity index (χ0v) is 12.6. The van der Waals surface area contributed by atoms with Gasteiger partial charge in [-0.2, -0.15) is 10.2 Å². The molecular weight excluding hydrogens is 244 g/mol. The molecule has 2 nitrogen and oxygen atoms in total. The van der Waals surface area contributed by atoms with Crippen LogP contribution in [0.4, 0.5) is 0 Å². The van der Waals surface area contributed by atoms with Gasteiger partial charge in [0.15, 0.2) is 0 Å². The van der Waals surface area contributed by atoms with Crippen LogP contribution in [0.2, 0.25) is 0 Å². The number of hydrogen-bond donors (Lipinski definition) is 0. The van der Waals surface area contributed by atoms with Crippen molar-refractivity contribution in [3.8, 4) is 0 Å². The van der Waals surface area contributed by atoms with Crippen molar-refractivity contribution in [3.63, 3.8) is 0 Å². The predicted molar refractivity (Wildman–Crippen MR) is 85.8 cm³/mol. The Hall–Kier alpha value is -1.44. The van der Waals surface area contributed by atoms with Crippen LogP contribution in [0.3, 0.4) is 0 Å². The molecule has 0 radical (unpaired) electrons. The molecule has 0 atom stereocenters. The van der Waals surface area contributed by atoms with Gasteiger partial charge in [0.2, 0.25) is 0 Å².